The van der Waals surface area contributed by atoms with Gasteiger partial charge in [0.25, 0.3) is 0 Å². The first-order valence-electron chi connectivity index (χ1n) is 4.82. The molecule has 1 saturated heterocycles. The Labute approximate surface area is 83.3 Å². The number of anilines is 1. The van der Waals surface area contributed by atoms with E-state index in [2.05, 4.69) is 9.88 Å². The minimum absolute atomic E-state index is 0.120. The van der Waals surface area contributed by atoms with Crippen LogP contribution in [0.4, 0.5) is 5.69 Å². The van der Waals surface area contributed by atoms with Crippen molar-refractivity contribution in [1.29, 1.82) is 5.41 Å². The molecule has 2 heterocycles. The number of hydrogen-bond acceptors (Lipinski definition) is 3. The summed E-state index contributed by atoms with van der Waals surface area (Å²) in [6.45, 7) is 2.10. The number of amidine groups is 1. The molecule has 0 spiro atoms. The summed E-state index contributed by atoms with van der Waals surface area (Å²) >= 11 is 0. The van der Waals surface area contributed by atoms with Crippen molar-refractivity contribution in [1.82, 2.24) is 4.98 Å². The van der Waals surface area contributed by atoms with E-state index in [-0.39, 0.29) is 5.84 Å². The van der Waals surface area contributed by atoms with E-state index in [1.54, 1.807) is 18.5 Å². The molecule has 1 aliphatic heterocycles. The van der Waals surface area contributed by atoms with Crippen LogP contribution in [-0.4, -0.2) is 23.9 Å². The highest BCUT2D eigenvalue weighted by molar-refractivity contribution is 6.00. The largest absolute Gasteiger partial charge is 0.384 e. The molecule has 3 N–H and O–H groups in total. The van der Waals surface area contributed by atoms with Crippen LogP contribution in [0.5, 0.6) is 0 Å². The van der Waals surface area contributed by atoms with Crippen LogP contribution >= 0.6 is 0 Å². The molecule has 0 unspecified atom stereocenters. The molecule has 0 saturated carbocycles. The maximum absolute atomic E-state index is 7.46. The second-order valence-corrected chi connectivity index (χ2v) is 3.50. The number of aromatic nitrogens is 1. The molecule has 2 rings (SSSR count). The fraction of sp³-hybridized carbons (Fsp3) is 0.400. The van der Waals surface area contributed by atoms with Gasteiger partial charge in [0.15, 0.2) is 0 Å². The van der Waals surface area contributed by atoms with Gasteiger partial charge in [-0.1, -0.05) is 0 Å². The van der Waals surface area contributed by atoms with Gasteiger partial charge < -0.3 is 10.6 Å². The molecule has 0 aromatic carbocycles. The number of rotatable bonds is 2. The molecule has 0 bridgehead atoms. The monoisotopic (exact) mass is 190 g/mol. The summed E-state index contributed by atoms with van der Waals surface area (Å²) < 4.78 is 0. The van der Waals surface area contributed by atoms with Gasteiger partial charge in [0.2, 0.25) is 0 Å². The van der Waals surface area contributed by atoms with Crippen molar-refractivity contribution in [2.24, 2.45) is 5.73 Å². The van der Waals surface area contributed by atoms with E-state index in [1.807, 2.05) is 0 Å². The van der Waals surface area contributed by atoms with Gasteiger partial charge in [0.05, 0.1) is 11.9 Å². The third-order valence-electron chi connectivity index (χ3n) is 2.54. The molecule has 1 aromatic rings. The van der Waals surface area contributed by atoms with Gasteiger partial charge in [-0.05, 0) is 18.9 Å². The summed E-state index contributed by atoms with van der Waals surface area (Å²) in [6, 6.07) is 1.80. The lowest BCUT2D eigenvalue weighted by Crippen LogP contribution is -2.23. The Kier molecular flexibility index (Phi) is 2.35. The fourth-order valence-electron chi connectivity index (χ4n) is 1.82. The lowest BCUT2D eigenvalue weighted by atomic mass is 10.2. The van der Waals surface area contributed by atoms with Gasteiger partial charge >= 0.3 is 0 Å². The standard InChI is InChI=1S/C10H14N4/c11-10(12)8-3-4-13-7-9(8)14-5-1-2-6-14/h3-4,7H,1-2,5-6H2,(H3,11,12). The highest BCUT2D eigenvalue weighted by Gasteiger charge is 2.16. The number of hydrogen-bond donors (Lipinski definition) is 2. The molecule has 74 valence electrons. The van der Waals surface area contributed by atoms with Gasteiger partial charge in [-0.2, -0.15) is 0 Å². The number of nitrogen functional groups attached to an aromatic ring is 1. The van der Waals surface area contributed by atoms with Crippen molar-refractivity contribution in [3.8, 4) is 0 Å². The molecule has 14 heavy (non-hydrogen) atoms. The minimum Gasteiger partial charge on any atom is -0.384 e. The lowest BCUT2D eigenvalue weighted by Gasteiger charge is -2.19. The zero-order valence-electron chi connectivity index (χ0n) is 8.03. The van der Waals surface area contributed by atoms with Crippen LogP contribution in [0.15, 0.2) is 18.5 Å². The average Bonchev–Trinajstić information content (AvgIpc) is 2.70. The molecule has 4 heteroatoms. The van der Waals surface area contributed by atoms with Crippen LogP contribution < -0.4 is 10.6 Å². The van der Waals surface area contributed by atoms with Gasteiger partial charge in [-0.15, -0.1) is 0 Å². The lowest BCUT2D eigenvalue weighted by molar-refractivity contribution is 0.949. The van der Waals surface area contributed by atoms with Crippen LogP contribution in [0.1, 0.15) is 18.4 Å². The van der Waals surface area contributed by atoms with Gasteiger partial charge in [-0.25, -0.2) is 0 Å². The Bertz CT molecular complexity index is 342. The van der Waals surface area contributed by atoms with E-state index in [0.717, 1.165) is 24.3 Å². The molecule has 4 nitrogen and oxygen atoms in total. The van der Waals surface area contributed by atoms with E-state index >= 15 is 0 Å². The molecular weight excluding hydrogens is 176 g/mol. The van der Waals surface area contributed by atoms with Crippen molar-refractivity contribution in [3.05, 3.63) is 24.0 Å². The molecule has 0 atom stereocenters. The highest BCUT2D eigenvalue weighted by atomic mass is 15.2. The summed E-state index contributed by atoms with van der Waals surface area (Å²) in [7, 11) is 0. The van der Waals surface area contributed by atoms with Crippen molar-refractivity contribution in [3.63, 3.8) is 0 Å². The van der Waals surface area contributed by atoms with E-state index < -0.39 is 0 Å². The Morgan fingerprint density at radius 2 is 2.14 bits per heavy atom. The Morgan fingerprint density at radius 1 is 1.43 bits per heavy atom. The molecule has 1 aromatic heterocycles. The summed E-state index contributed by atoms with van der Waals surface area (Å²) in [5.41, 5.74) is 7.30. The molecule has 1 aliphatic rings. The SMILES string of the molecule is N=C(N)c1ccncc1N1CCCC1. The fourth-order valence-corrected chi connectivity index (χ4v) is 1.82. The van der Waals surface area contributed by atoms with Crippen LogP contribution in [0.2, 0.25) is 0 Å². The van der Waals surface area contributed by atoms with Crippen molar-refractivity contribution >= 4 is 11.5 Å². The zero-order valence-corrected chi connectivity index (χ0v) is 8.03. The Morgan fingerprint density at radius 3 is 2.79 bits per heavy atom. The first kappa shape index (κ1) is 8.99. The minimum atomic E-state index is 0.120. The van der Waals surface area contributed by atoms with Crippen molar-refractivity contribution in [2.75, 3.05) is 18.0 Å². The summed E-state index contributed by atoms with van der Waals surface area (Å²) in [6.07, 6.45) is 5.90. The van der Waals surface area contributed by atoms with Crippen LogP contribution in [0.25, 0.3) is 0 Å². The summed E-state index contributed by atoms with van der Waals surface area (Å²) in [5, 5.41) is 7.46. The Hall–Kier alpha value is -1.58. The summed E-state index contributed by atoms with van der Waals surface area (Å²) in [5.74, 6) is 0.120. The molecule has 0 aliphatic carbocycles. The van der Waals surface area contributed by atoms with Gasteiger partial charge in [-0.3, -0.25) is 10.4 Å². The molecule has 0 radical (unpaired) electrons. The van der Waals surface area contributed by atoms with Crippen LogP contribution in [0, 0.1) is 5.41 Å². The highest BCUT2D eigenvalue weighted by Crippen LogP contribution is 2.22. The first-order valence-corrected chi connectivity index (χ1v) is 4.82. The number of pyridine rings is 1. The van der Waals surface area contributed by atoms with E-state index in [1.165, 1.54) is 12.8 Å². The van der Waals surface area contributed by atoms with Crippen LogP contribution in [0.3, 0.4) is 0 Å². The number of nitrogens with zero attached hydrogens (tertiary/aromatic N) is 2. The third-order valence-corrected chi connectivity index (χ3v) is 2.54. The predicted octanol–water partition coefficient (Wildman–Crippen LogP) is 0.966. The van der Waals surface area contributed by atoms with Crippen molar-refractivity contribution < 1.29 is 0 Å². The molecular formula is C10H14N4. The topological polar surface area (TPSA) is 66.0 Å². The predicted molar refractivity (Wildman–Crippen MR) is 56.7 cm³/mol. The van der Waals surface area contributed by atoms with E-state index in [4.69, 9.17) is 11.1 Å². The molecule has 0 amide bonds. The van der Waals surface area contributed by atoms with Crippen molar-refractivity contribution in [2.45, 2.75) is 12.8 Å². The smallest absolute Gasteiger partial charge is 0.125 e. The maximum Gasteiger partial charge on any atom is 0.125 e. The second-order valence-electron chi connectivity index (χ2n) is 3.50. The van der Waals surface area contributed by atoms with E-state index in [0.29, 0.717) is 0 Å². The maximum atomic E-state index is 7.46. The third kappa shape index (κ3) is 1.55. The quantitative estimate of drug-likeness (QED) is 0.539. The van der Waals surface area contributed by atoms with Gasteiger partial charge in [0.1, 0.15) is 5.84 Å². The number of nitrogens with one attached hydrogen (secondary N) is 1. The average molecular weight is 190 g/mol. The van der Waals surface area contributed by atoms with Gasteiger partial charge in [0, 0.05) is 24.8 Å². The zero-order chi connectivity index (χ0) is 9.97. The second kappa shape index (κ2) is 3.65. The van der Waals surface area contributed by atoms with Crippen LogP contribution in [-0.2, 0) is 0 Å². The summed E-state index contributed by atoms with van der Waals surface area (Å²) in [4.78, 5) is 6.32. The van der Waals surface area contributed by atoms with E-state index in [9.17, 15) is 0 Å². The Balaban J connectivity index is 2.35. The normalized spacial score (nSPS) is 15.9. The first-order chi connectivity index (χ1) is 6.79. The molecule has 1 fully saturated rings. The number of nitrogens with two attached hydrogens (primary N) is 1.